The first-order valence-corrected chi connectivity index (χ1v) is 9.36. The third-order valence-corrected chi connectivity index (χ3v) is 4.78. The van der Waals surface area contributed by atoms with E-state index < -0.39 is 0 Å². The average molecular weight is 431 g/mol. The molecule has 26 heavy (non-hydrogen) atoms. The second-order valence-corrected chi connectivity index (χ2v) is 7.57. The smallest absolute Gasteiger partial charge is 0.286 e. The standard InChI is InChI=1S/C18H15BrN4O2S/c1-11-22-23-18(26-11)17(25)21-15-7-3-5-13(9-15)16(24)20-10-12-4-2-6-14(19)8-12/h2-9H,10H2,1H3,(H,20,24)(H,21,25). The normalized spacial score (nSPS) is 10.4. The highest BCUT2D eigenvalue weighted by Gasteiger charge is 2.13. The van der Waals surface area contributed by atoms with Crippen LogP contribution in [0.3, 0.4) is 0 Å². The Morgan fingerprint density at radius 2 is 1.88 bits per heavy atom. The van der Waals surface area contributed by atoms with Gasteiger partial charge in [0, 0.05) is 22.3 Å². The maximum absolute atomic E-state index is 12.4. The van der Waals surface area contributed by atoms with Crippen LogP contribution in [0.15, 0.2) is 53.0 Å². The molecule has 2 amide bonds. The number of nitrogens with one attached hydrogen (secondary N) is 2. The minimum absolute atomic E-state index is 0.215. The van der Waals surface area contributed by atoms with E-state index in [0.717, 1.165) is 15.0 Å². The van der Waals surface area contributed by atoms with Gasteiger partial charge in [0.1, 0.15) is 5.01 Å². The molecular formula is C18H15BrN4O2S. The monoisotopic (exact) mass is 430 g/mol. The van der Waals surface area contributed by atoms with Crippen molar-refractivity contribution in [1.82, 2.24) is 15.5 Å². The van der Waals surface area contributed by atoms with Crippen LogP contribution in [0.1, 0.15) is 30.7 Å². The van der Waals surface area contributed by atoms with E-state index in [4.69, 9.17) is 0 Å². The van der Waals surface area contributed by atoms with Gasteiger partial charge in [-0.15, -0.1) is 10.2 Å². The summed E-state index contributed by atoms with van der Waals surface area (Å²) in [7, 11) is 0. The summed E-state index contributed by atoms with van der Waals surface area (Å²) in [6.45, 7) is 2.20. The number of amides is 2. The predicted molar refractivity (Wildman–Crippen MR) is 104 cm³/mol. The van der Waals surface area contributed by atoms with Crippen molar-refractivity contribution in [3.8, 4) is 0 Å². The molecule has 3 aromatic rings. The van der Waals surface area contributed by atoms with Crippen molar-refractivity contribution in [3.63, 3.8) is 0 Å². The maximum Gasteiger partial charge on any atom is 0.286 e. The molecule has 0 spiro atoms. The second kappa shape index (κ2) is 8.20. The number of carbonyl (C=O) groups excluding carboxylic acids is 2. The van der Waals surface area contributed by atoms with Crippen LogP contribution in [0.25, 0.3) is 0 Å². The van der Waals surface area contributed by atoms with Crippen molar-refractivity contribution in [2.75, 3.05) is 5.32 Å². The molecule has 132 valence electrons. The lowest BCUT2D eigenvalue weighted by Crippen LogP contribution is -2.23. The van der Waals surface area contributed by atoms with Crippen molar-refractivity contribution in [1.29, 1.82) is 0 Å². The fourth-order valence-electron chi connectivity index (χ4n) is 2.24. The molecule has 8 heteroatoms. The van der Waals surface area contributed by atoms with E-state index in [1.807, 2.05) is 24.3 Å². The zero-order valence-corrected chi connectivity index (χ0v) is 16.2. The van der Waals surface area contributed by atoms with Crippen molar-refractivity contribution in [3.05, 3.63) is 74.1 Å². The van der Waals surface area contributed by atoms with Gasteiger partial charge in [-0.1, -0.05) is 45.5 Å². The average Bonchev–Trinajstić information content (AvgIpc) is 3.06. The Kier molecular flexibility index (Phi) is 5.75. The van der Waals surface area contributed by atoms with Crippen LogP contribution in [-0.2, 0) is 6.54 Å². The van der Waals surface area contributed by atoms with E-state index in [1.54, 1.807) is 31.2 Å². The Morgan fingerprint density at radius 1 is 1.08 bits per heavy atom. The molecule has 0 saturated carbocycles. The summed E-state index contributed by atoms with van der Waals surface area (Å²) in [5, 5.41) is 14.2. The molecule has 6 nitrogen and oxygen atoms in total. The minimum Gasteiger partial charge on any atom is -0.348 e. The van der Waals surface area contributed by atoms with Crippen LogP contribution in [0.2, 0.25) is 0 Å². The van der Waals surface area contributed by atoms with Gasteiger partial charge in [0.2, 0.25) is 5.01 Å². The summed E-state index contributed by atoms with van der Waals surface area (Å²) >= 11 is 4.62. The van der Waals surface area contributed by atoms with Crippen molar-refractivity contribution in [2.24, 2.45) is 0 Å². The molecule has 0 aliphatic heterocycles. The van der Waals surface area contributed by atoms with Gasteiger partial charge in [0.15, 0.2) is 0 Å². The Labute approximate surface area is 162 Å². The summed E-state index contributed by atoms with van der Waals surface area (Å²) in [4.78, 5) is 24.5. The van der Waals surface area contributed by atoms with Gasteiger partial charge in [-0.25, -0.2) is 0 Å². The largest absolute Gasteiger partial charge is 0.348 e. The minimum atomic E-state index is -0.345. The van der Waals surface area contributed by atoms with Gasteiger partial charge in [-0.2, -0.15) is 0 Å². The van der Waals surface area contributed by atoms with Crippen LogP contribution in [0.4, 0.5) is 5.69 Å². The van der Waals surface area contributed by atoms with E-state index in [9.17, 15) is 9.59 Å². The fourth-order valence-corrected chi connectivity index (χ4v) is 3.28. The van der Waals surface area contributed by atoms with Crippen LogP contribution >= 0.6 is 27.3 Å². The van der Waals surface area contributed by atoms with Gasteiger partial charge in [0.05, 0.1) is 0 Å². The number of aromatic nitrogens is 2. The first-order valence-electron chi connectivity index (χ1n) is 7.75. The Balaban J connectivity index is 1.64. The second-order valence-electron chi connectivity index (χ2n) is 5.47. The van der Waals surface area contributed by atoms with Gasteiger partial charge < -0.3 is 10.6 Å². The van der Waals surface area contributed by atoms with Gasteiger partial charge in [-0.05, 0) is 42.8 Å². The molecule has 0 saturated heterocycles. The van der Waals surface area contributed by atoms with E-state index >= 15 is 0 Å². The van der Waals surface area contributed by atoms with Crippen LogP contribution in [0, 0.1) is 6.92 Å². The van der Waals surface area contributed by atoms with Gasteiger partial charge >= 0.3 is 0 Å². The predicted octanol–water partition coefficient (Wildman–Crippen LogP) is 3.79. The molecule has 2 N–H and O–H groups in total. The number of carbonyl (C=O) groups is 2. The summed E-state index contributed by atoms with van der Waals surface area (Å²) in [5.41, 5.74) is 1.98. The lowest BCUT2D eigenvalue weighted by molar-refractivity contribution is 0.0949. The molecule has 0 unspecified atom stereocenters. The number of hydrogen-bond donors (Lipinski definition) is 2. The highest BCUT2D eigenvalue weighted by Crippen LogP contribution is 2.15. The van der Waals surface area contributed by atoms with Crippen LogP contribution in [0.5, 0.6) is 0 Å². The maximum atomic E-state index is 12.4. The highest BCUT2D eigenvalue weighted by atomic mass is 79.9. The summed E-state index contributed by atoms with van der Waals surface area (Å²) in [5.74, 6) is -0.560. The molecule has 1 aromatic heterocycles. The molecule has 0 radical (unpaired) electrons. The number of aryl methyl sites for hydroxylation is 1. The lowest BCUT2D eigenvalue weighted by Gasteiger charge is -2.08. The quantitative estimate of drug-likeness (QED) is 0.644. The molecule has 0 atom stereocenters. The van der Waals surface area contributed by atoms with Crippen LogP contribution < -0.4 is 10.6 Å². The Hall–Kier alpha value is -2.58. The Bertz CT molecular complexity index is 958. The molecule has 0 fully saturated rings. The summed E-state index contributed by atoms with van der Waals surface area (Å²) in [6.07, 6.45) is 0. The first kappa shape index (κ1) is 18.2. The highest BCUT2D eigenvalue weighted by molar-refractivity contribution is 9.10. The van der Waals surface area contributed by atoms with E-state index in [0.29, 0.717) is 17.8 Å². The summed E-state index contributed by atoms with van der Waals surface area (Å²) < 4.78 is 0.959. The molecule has 0 aliphatic carbocycles. The number of nitrogens with zero attached hydrogens (tertiary/aromatic N) is 2. The number of benzene rings is 2. The zero-order valence-electron chi connectivity index (χ0n) is 13.8. The topological polar surface area (TPSA) is 84.0 Å². The zero-order chi connectivity index (χ0) is 18.5. The van der Waals surface area contributed by atoms with E-state index in [2.05, 4.69) is 36.8 Å². The molecule has 0 bridgehead atoms. The third kappa shape index (κ3) is 4.74. The van der Waals surface area contributed by atoms with Crippen molar-refractivity contribution >= 4 is 44.8 Å². The fraction of sp³-hybridized carbons (Fsp3) is 0.111. The molecule has 3 rings (SSSR count). The van der Waals surface area contributed by atoms with Crippen molar-refractivity contribution in [2.45, 2.75) is 13.5 Å². The number of hydrogen-bond acceptors (Lipinski definition) is 5. The van der Waals surface area contributed by atoms with E-state index in [-0.39, 0.29) is 16.8 Å². The lowest BCUT2D eigenvalue weighted by atomic mass is 10.1. The van der Waals surface area contributed by atoms with Gasteiger partial charge in [0.25, 0.3) is 11.8 Å². The third-order valence-electron chi connectivity index (χ3n) is 3.44. The molecular weight excluding hydrogens is 416 g/mol. The van der Waals surface area contributed by atoms with Crippen molar-refractivity contribution < 1.29 is 9.59 Å². The SMILES string of the molecule is Cc1nnc(C(=O)Nc2cccc(C(=O)NCc3cccc(Br)c3)c2)s1. The number of anilines is 1. The summed E-state index contributed by atoms with van der Waals surface area (Å²) in [6, 6.07) is 14.5. The van der Waals surface area contributed by atoms with Crippen LogP contribution in [-0.4, -0.2) is 22.0 Å². The molecule has 0 aliphatic rings. The first-order chi connectivity index (χ1) is 12.5. The Morgan fingerprint density at radius 3 is 2.62 bits per heavy atom. The molecule has 1 heterocycles. The number of halogens is 1. The van der Waals surface area contributed by atoms with E-state index in [1.165, 1.54) is 11.3 Å². The number of rotatable bonds is 5. The molecule has 2 aromatic carbocycles. The van der Waals surface area contributed by atoms with Gasteiger partial charge in [-0.3, -0.25) is 9.59 Å².